The van der Waals surface area contributed by atoms with E-state index in [2.05, 4.69) is 67.1 Å². The minimum absolute atomic E-state index is 0.124. The van der Waals surface area contributed by atoms with E-state index in [0.29, 0.717) is 5.92 Å². The summed E-state index contributed by atoms with van der Waals surface area (Å²) in [7, 11) is 8.21. The number of carbonyl (C=O) groups is 1. The van der Waals surface area contributed by atoms with Crippen LogP contribution in [0.2, 0.25) is 0 Å². The minimum Gasteiger partial charge on any atom is -0.377 e. The lowest BCUT2D eigenvalue weighted by Crippen LogP contribution is -2.38. The molecule has 2 aromatic rings. The van der Waals surface area contributed by atoms with E-state index >= 15 is 0 Å². The molecule has 0 N–H and O–H groups in total. The van der Waals surface area contributed by atoms with Crippen molar-refractivity contribution in [3.63, 3.8) is 0 Å². The summed E-state index contributed by atoms with van der Waals surface area (Å²) in [5, 5.41) is 0. The van der Waals surface area contributed by atoms with Crippen LogP contribution >= 0.6 is 0 Å². The van der Waals surface area contributed by atoms with E-state index < -0.39 is 0 Å². The largest absolute Gasteiger partial charge is 0.377 e. The first-order valence-electron chi connectivity index (χ1n) is 10.6. The molecular weight excluding hydrogens is 358 g/mol. The van der Waals surface area contributed by atoms with E-state index in [9.17, 15) is 4.79 Å². The van der Waals surface area contributed by atoms with E-state index in [-0.39, 0.29) is 5.91 Å². The molecule has 1 amide bonds. The van der Waals surface area contributed by atoms with Crippen molar-refractivity contribution in [1.29, 1.82) is 0 Å². The van der Waals surface area contributed by atoms with Crippen LogP contribution in [0.5, 0.6) is 0 Å². The Bertz CT molecular complexity index is 849. The van der Waals surface area contributed by atoms with Gasteiger partial charge in [-0.25, -0.2) is 0 Å². The highest BCUT2D eigenvalue weighted by Crippen LogP contribution is 2.31. The maximum atomic E-state index is 13.4. The van der Waals surface area contributed by atoms with Gasteiger partial charge < -0.3 is 14.7 Å². The Morgan fingerprint density at radius 3 is 2.21 bits per heavy atom. The lowest BCUT2D eigenvalue weighted by atomic mass is 9.94. The van der Waals surface area contributed by atoms with Crippen LogP contribution in [0.1, 0.15) is 34.3 Å². The SMILES string of the molecule is Cc1ccc(-c2cc(C(=O)N(C)CC3CCN(C)CC3)c(C)c(N(C)C)c2)cc1. The summed E-state index contributed by atoms with van der Waals surface area (Å²) in [6, 6.07) is 12.8. The zero-order valence-electron chi connectivity index (χ0n) is 18.8. The highest BCUT2D eigenvalue weighted by molar-refractivity contribution is 5.98. The number of hydrogen-bond acceptors (Lipinski definition) is 3. The molecule has 4 nitrogen and oxygen atoms in total. The van der Waals surface area contributed by atoms with E-state index in [1.807, 2.05) is 26.0 Å². The van der Waals surface area contributed by atoms with Crippen LogP contribution in [-0.4, -0.2) is 63.5 Å². The number of likely N-dealkylation sites (tertiary alicyclic amines) is 1. The number of piperidine rings is 1. The molecule has 0 aliphatic carbocycles. The monoisotopic (exact) mass is 393 g/mol. The van der Waals surface area contributed by atoms with Crippen molar-refractivity contribution in [3.05, 3.63) is 53.1 Å². The molecule has 1 aliphatic heterocycles. The molecule has 29 heavy (non-hydrogen) atoms. The molecule has 1 heterocycles. The van der Waals surface area contributed by atoms with Crippen LogP contribution in [-0.2, 0) is 0 Å². The van der Waals surface area contributed by atoms with E-state index in [1.54, 1.807) is 0 Å². The van der Waals surface area contributed by atoms with Crippen LogP contribution in [0.4, 0.5) is 5.69 Å². The van der Waals surface area contributed by atoms with Gasteiger partial charge >= 0.3 is 0 Å². The molecule has 0 unspecified atom stereocenters. The van der Waals surface area contributed by atoms with Gasteiger partial charge in [-0.05, 0) is 81.6 Å². The first-order chi connectivity index (χ1) is 13.8. The maximum absolute atomic E-state index is 13.4. The maximum Gasteiger partial charge on any atom is 0.253 e. The van der Waals surface area contributed by atoms with Crippen molar-refractivity contribution in [2.45, 2.75) is 26.7 Å². The molecule has 0 aromatic heterocycles. The second-order valence-corrected chi connectivity index (χ2v) is 8.86. The number of nitrogens with zero attached hydrogens (tertiary/aromatic N) is 3. The summed E-state index contributed by atoms with van der Waals surface area (Å²) in [6.45, 7) is 7.24. The van der Waals surface area contributed by atoms with Gasteiger partial charge in [0.2, 0.25) is 0 Å². The minimum atomic E-state index is 0.124. The highest BCUT2D eigenvalue weighted by atomic mass is 16.2. The standard InChI is InChI=1S/C25H35N3O/c1-18-7-9-21(10-8-18)22-15-23(19(2)24(16-22)26(3)4)25(29)28(6)17-20-11-13-27(5)14-12-20/h7-10,15-16,20H,11-14,17H2,1-6H3. The first-order valence-corrected chi connectivity index (χ1v) is 10.6. The Labute approximate surface area is 176 Å². The van der Waals surface area contributed by atoms with Crippen molar-refractivity contribution in [1.82, 2.24) is 9.80 Å². The molecule has 0 spiro atoms. The smallest absolute Gasteiger partial charge is 0.253 e. The van der Waals surface area contributed by atoms with Gasteiger partial charge in [0, 0.05) is 38.9 Å². The summed E-state index contributed by atoms with van der Waals surface area (Å²) in [6.07, 6.45) is 2.33. The quantitative estimate of drug-likeness (QED) is 0.751. The van der Waals surface area contributed by atoms with Crippen LogP contribution < -0.4 is 4.90 Å². The second-order valence-electron chi connectivity index (χ2n) is 8.86. The van der Waals surface area contributed by atoms with Crippen molar-refractivity contribution in [2.75, 3.05) is 52.7 Å². The Kier molecular flexibility index (Phi) is 6.63. The zero-order chi connectivity index (χ0) is 21.1. The molecule has 1 fully saturated rings. The van der Waals surface area contributed by atoms with Crippen LogP contribution in [0.15, 0.2) is 36.4 Å². The summed E-state index contributed by atoms with van der Waals surface area (Å²) in [5.74, 6) is 0.715. The van der Waals surface area contributed by atoms with E-state index in [0.717, 1.165) is 47.6 Å². The van der Waals surface area contributed by atoms with Gasteiger partial charge in [0.05, 0.1) is 0 Å². The number of benzene rings is 2. The molecule has 1 aliphatic rings. The summed E-state index contributed by atoms with van der Waals surface area (Å²) in [4.78, 5) is 19.8. The van der Waals surface area contributed by atoms with Gasteiger partial charge in [0.25, 0.3) is 5.91 Å². The third-order valence-electron chi connectivity index (χ3n) is 6.19. The summed E-state index contributed by atoms with van der Waals surface area (Å²) < 4.78 is 0. The van der Waals surface area contributed by atoms with E-state index in [1.165, 1.54) is 18.4 Å². The van der Waals surface area contributed by atoms with Crippen molar-refractivity contribution in [2.24, 2.45) is 5.92 Å². The lowest BCUT2D eigenvalue weighted by molar-refractivity contribution is 0.0746. The first kappa shape index (κ1) is 21.4. The van der Waals surface area contributed by atoms with Crippen molar-refractivity contribution in [3.8, 4) is 11.1 Å². The van der Waals surface area contributed by atoms with Gasteiger partial charge in [-0.1, -0.05) is 29.8 Å². The number of carbonyl (C=O) groups excluding carboxylic acids is 1. The van der Waals surface area contributed by atoms with Gasteiger partial charge in [-0.15, -0.1) is 0 Å². The van der Waals surface area contributed by atoms with Crippen molar-refractivity contribution < 1.29 is 4.79 Å². The van der Waals surface area contributed by atoms with Gasteiger partial charge in [-0.3, -0.25) is 4.79 Å². The van der Waals surface area contributed by atoms with E-state index in [4.69, 9.17) is 0 Å². The summed E-state index contributed by atoms with van der Waals surface area (Å²) in [5.41, 5.74) is 6.43. The fourth-order valence-corrected chi connectivity index (χ4v) is 4.22. The third kappa shape index (κ3) is 4.99. The van der Waals surface area contributed by atoms with Crippen LogP contribution in [0.25, 0.3) is 11.1 Å². The number of amides is 1. The number of hydrogen-bond donors (Lipinski definition) is 0. The normalized spacial score (nSPS) is 15.4. The van der Waals surface area contributed by atoms with Gasteiger partial charge in [0.15, 0.2) is 0 Å². The summed E-state index contributed by atoms with van der Waals surface area (Å²) >= 11 is 0. The Morgan fingerprint density at radius 2 is 1.62 bits per heavy atom. The molecular formula is C25H35N3O. The third-order valence-corrected chi connectivity index (χ3v) is 6.19. The predicted octanol–water partition coefficient (Wildman–Crippen LogP) is 4.45. The molecule has 0 bridgehead atoms. The molecule has 2 aromatic carbocycles. The molecule has 0 atom stereocenters. The lowest BCUT2D eigenvalue weighted by Gasteiger charge is -2.32. The molecule has 156 valence electrons. The van der Waals surface area contributed by atoms with Crippen LogP contribution in [0, 0.1) is 19.8 Å². The predicted molar refractivity (Wildman–Crippen MR) is 123 cm³/mol. The second kappa shape index (κ2) is 9.00. The molecule has 4 heteroatoms. The number of anilines is 1. The fourth-order valence-electron chi connectivity index (χ4n) is 4.22. The Morgan fingerprint density at radius 1 is 1.00 bits per heavy atom. The Balaban J connectivity index is 1.90. The zero-order valence-corrected chi connectivity index (χ0v) is 18.8. The molecule has 0 radical (unpaired) electrons. The molecule has 1 saturated heterocycles. The number of aryl methyl sites for hydroxylation is 1. The molecule has 3 rings (SSSR count). The topological polar surface area (TPSA) is 26.8 Å². The molecule has 0 saturated carbocycles. The highest BCUT2D eigenvalue weighted by Gasteiger charge is 2.23. The van der Waals surface area contributed by atoms with Crippen molar-refractivity contribution >= 4 is 11.6 Å². The number of rotatable bonds is 5. The van der Waals surface area contributed by atoms with Gasteiger partial charge in [0.1, 0.15) is 0 Å². The fraction of sp³-hybridized carbons (Fsp3) is 0.480. The van der Waals surface area contributed by atoms with Gasteiger partial charge in [-0.2, -0.15) is 0 Å². The van der Waals surface area contributed by atoms with Crippen LogP contribution in [0.3, 0.4) is 0 Å². The Hall–Kier alpha value is -2.33. The average molecular weight is 394 g/mol. The average Bonchev–Trinajstić information content (AvgIpc) is 2.69.